The zero-order valence-electron chi connectivity index (χ0n) is 14.1. The van der Waals surface area contributed by atoms with Crippen LogP contribution >= 0.6 is 22.9 Å². The van der Waals surface area contributed by atoms with Gasteiger partial charge in [0.1, 0.15) is 0 Å². The zero-order chi connectivity index (χ0) is 17.6. The molecule has 0 saturated carbocycles. The van der Waals surface area contributed by atoms with Crippen molar-refractivity contribution in [2.45, 2.75) is 6.92 Å². The molecule has 3 aromatic rings. The largest absolute Gasteiger partial charge is 0.345 e. The SMILES string of the molecule is Cc1c(Cl)c(C(=O)N2CCN(c3nc4ccccc4s3)CC2)nn1C. The smallest absolute Gasteiger partial charge is 0.276 e. The molecule has 1 fully saturated rings. The topological polar surface area (TPSA) is 54.3 Å². The number of hydrogen-bond acceptors (Lipinski definition) is 5. The average Bonchev–Trinajstić information content (AvgIpc) is 3.18. The van der Waals surface area contributed by atoms with Crippen LogP contribution in [0.15, 0.2) is 24.3 Å². The highest BCUT2D eigenvalue weighted by atomic mass is 35.5. The first kappa shape index (κ1) is 16.4. The van der Waals surface area contributed by atoms with E-state index in [0.29, 0.717) is 23.8 Å². The predicted molar refractivity (Wildman–Crippen MR) is 101 cm³/mol. The number of fused-ring (bicyclic) bond motifs is 1. The van der Waals surface area contributed by atoms with Crippen LogP contribution < -0.4 is 4.90 Å². The summed E-state index contributed by atoms with van der Waals surface area (Å²) in [7, 11) is 1.79. The summed E-state index contributed by atoms with van der Waals surface area (Å²) in [5.41, 5.74) is 2.17. The number of rotatable bonds is 2. The van der Waals surface area contributed by atoms with Crippen molar-refractivity contribution in [1.82, 2.24) is 19.7 Å². The lowest BCUT2D eigenvalue weighted by atomic mass is 10.2. The number of anilines is 1. The van der Waals surface area contributed by atoms with Crippen molar-refractivity contribution in [2.24, 2.45) is 7.05 Å². The summed E-state index contributed by atoms with van der Waals surface area (Å²) in [6, 6.07) is 8.14. The maximum Gasteiger partial charge on any atom is 0.276 e. The Morgan fingerprint density at radius 1 is 1.20 bits per heavy atom. The number of hydrogen-bond donors (Lipinski definition) is 0. The van der Waals surface area contributed by atoms with Gasteiger partial charge in [-0.15, -0.1) is 0 Å². The van der Waals surface area contributed by atoms with Crippen molar-refractivity contribution in [1.29, 1.82) is 0 Å². The van der Waals surface area contributed by atoms with E-state index in [0.717, 1.165) is 29.4 Å². The number of aryl methyl sites for hydroxylation is 1. The monoisotopic (exact) mass is 375 g/mol. The normalized spacial score (nSPS) is 15.2. The molecule has 25 heavy (non-hydrogen) atoms. The fourth-order valence-electron chi connectivity index (χ4n) is 2.96. The first-order valence-electron chi connectivity index (χ1n) is 8.13. The number of para-hydroxylation sites is 1. The molecular weight excluding hydrogens is 358 g/mol. The van der Waals surface area contributed by atoms with Gasteiger partial charge in [-0.25, -0.2) is 4.98 Å². The van der Waals surface area contributed by atoms with E-state index >= 15 is 0 Å². The van der Waals surface area contributed by atoms with E-state index < -0.39 is 0 Å². The number of aromatic nitrogens is 3. The van der Waals surface area contributed by atoms with Gasteiger partial charge in [0.05, 0.1) is 20.9 Å². The van der Waals surface area contributed by atoms with Gasteiger partial charge >= 0.3 is 0 Å². The van der Waals surface area contributed by atoms with E-state index in [1.165, 1.54) is 4.70 Å². The second-order valence-electron chi connectivity index (χ2n) is 6.12. The van der Waals surface area contributed by atoms with Crippen LogP contribution in [0.5, 0.6) is 0 Å². The van der Waals surface area contributed by atoms with Gasteiger partial charge in [-0.1, -0.05) is 35.1 Å². The number of thiazole rings is 1. The summed E-state index contributed by atoms with van der Waals surface area (Å²) in [6.07, 6.45) is 0. The van der Waals surface area contributed by atoms with E-state index in [2.05, 4.69) is 16.1 Å². The second kappa shape index (κ2) is 6.31. The van der Waals surface area contributed by atoms with Gasteiger partial charge in [0.25, 0.3) is 5.91 Å². The maximum atomic E-state index is 12.7. The molecule has 2 aromatic heterocycles. The summed E-state index contributed by atoms with van der Waals surface area (Å²) in [5.74, 6) is -0.0994. The fourth-order valence-corrected chi connectivity index (χ4v) is 4.22. The molecule has 1 aliphatic rings. The molecule has 1 amide bonds. The molecule has 0 N–H and O–H groups in total. The maximum absolute atomic E-state index is 12.7. The number of nitrogens with zero attached hydrogens (tertiary/aromatic N) is 5. The fraction of sp³-hybridized carbons (Fsp3) is 0.353. The summed E-state index contributed by atoms with van der Waals surface area (Å²) >= 11 is 7.94. The van der Waals surface area contributed by atoms with Crippen molar-refractivity contribution in [3.8, 4) is 0 Å². The first-order valence-corrected chi connectivity index (χ1v) is 9.33. The molecule has 1 aliphatic heterocycles. The quantitative estimate of drug-likeness (QED) is 0.691. The van der Waals surface area contributed by atoms with E-state index in [-0.39, 0.29) is 5.91 Å². The molecule has 0 spiro atoms. The number of carbonyl (C=O) groups excluding carboxylic acids is 1. The number of piperazine rings is 1. The minimum absolute atomic E-state index is 0.0994. The van der Waals surface area contributed by atoms with Gasteiger partial charge in [0.2, 0.25) is 0 Å². The molecular formula is C17H18ClN5OS. The van der Waals surface area contributed by atoms with Gasteiger partial charge in [-0.3, -0.25) is 9.48 Å². The number of amides is 1. The molecule has 8 heteroatoms. The Hall–Kier alpha value is -2.12. The standard InChI is InChI=1S/C17H18ClN5OS/c1-11-14(18)15(20-21(11)2)16(24)22-7-9-23(10-8-22)17-19-12-5-3-4-6-13(12)25-17/h3-6H,7-10H2,1-2H3. The molecule has 0 atom stereocenters. The van der Waals surface area contributed by atoms with Crippen LogP contribution in [0.2, 0.25) is 5.02 Å². The van der Waals surface area contributed by atoms with Gasteiger partial charge < -0.3 is 9.80 Å². The Labute approximate surface area is 154 Å². The Kier molecular flexibility index (Phi) is 4.13. The van der Waals surface area contributed by atoms with Gasteiger partial charge in [0, 0.05) is 33.2 Å². The van der Waals surface area contributed by atoms with Crippen molar-refractivity contribution < 1.29 is 4.79 Å². The lowest BCUT2D eigenvalue weighted by Crippen LogP contribution is -2.49. The van der Waals surface area contributed by atoms with E-state index in [1.807, 2.05) is 30.0 Å². The van der Waals surface area contributed by atoms with Crippen LogP contribution in [0.1, 0.15) is 16.2 Å². The van der Waals surface area contributed by atoms with Crippen molar-refractivity contribution in [3.63, 3.8) is 0 Å². The van der Waals surface area contributed by atoms with Crippen LogP contribution in [-0.4, -0.2) is 51.8 Å². The number of benzene rings is 1. The molecule has 1 saturated heterocycles. The summed E-state index contributed by atoms with van der Waals surface area (Å²) < 4.78 is 2.83. The Bertz CT molecular complexity index is 909. The highest BCUT2D eigenvalue weighted by molar-refractivity contribution is 7.22. The first-order chi connectivity index (χ1) is 12.0. The highest BCUT2D eigenvalue weighted by Crippen LogP contribution is 2.29. The third-order valence-electron chi connectivity index (χ3n) is 4.58. The van der Waals surface area contributed by atoms with E-state index in [9.17, 15) is 4.79 Å². The third-order valence-corrected chi connectivity index (χ3v) is 6.13. The highest BCUT2D eigenvalue weighted by Gasteiger charge is 2.27. The Balaban J connectivity index is 1.47. The zero-order valence-corrected chi connectivity index (χ0v) is 15.6. The summed E-state index contributed by atoms with van der Waals surface area (Å²) in [4.78, 5) is 21.5. The van der Waals surface area contributed by atoms with E-state index in [4.69, 9.17) is 16.6 Å². The lowest BCUT2D eigenvalue weighted by Gasteiger charge is -2.34. The third kappa shape index (κ3) is 2.87. The summed E-state index contributed by atoms with van der Waals surface area (Å²) in [5, 5.41) is 5.72. The predicted octanol–water partition coefficient (Wildman–Crippen LogP) is 2.95. The molecule has 0 bridgehead atoms. The molecule has 0 radical (unpaired) electrons. The lowest BCUT2D eigenvalue weighted by molar-refractivity contribution is 0.0740. The van der Waals surface area contributed by atoms with Crippen LogP contribution in [0.3, 0.4) is 0 Å². The molecule has 4 rings (SSSR count). The average molecular weight is 376 g/mol. The van der Waals surface area contributed by atoms with Crippen molar-refractivity contribution in [3.05, 3.63) is 40.7 Å². The van der Waals surface area contributed by atoms with Crippen LogP contribution in [0, 0.1) is 6.92 Å². The summed E-state index contributed by atoms with van der Waals surface area (Å²) in [6.45, 7) is 4.66. The second-order valence-corrected chi connectivity index (χ2v) is 7.50. The van der Waals surface area contributed by atoms with E-state index in [1.54, 1.807) is 23.1 Å². The van der Waals surface area contributed by atoms with Gasteiger partial charge in [-0.2, -0.15) is 5.10 Å². The van der Waals surface area contributed by atoms with Crippen LogP contribution in [-0.2, 0) is 7.05 Å². The molecule has 0 aliphatic carbocycles. The van der Waals surface area contributed by atoms with Crippen LogP contribution in [0.25, 0.3) is 10.2 Å². The van der Waals surface area contributed by atoms with Gasteiger partial charge in [0.15, 0.2) is 10.8 Å². The Morgan fingerprint density at radius 2 is 1.92 bits per heavy atom. The molecule has 0 unspecified atom stereocenters. The van der Waals surface area contributed by atoms with Gasteiger partial charge in [-0.05, 0) is 19.1 Å². The number of halogens is 1. The number of carbonyl (C=O) groups is 1. The molecule has 3 heterocycles. The Morgan fingerprint density at radius 3 is 2.56 bits per heavy atom. The minimum Gasteiger partial charge on any atom is -0.345 e. The molecule has 6 nitrogen and oxygen atoms in total. The van der Waals surface area contributed by atoms with Crippen molar-refractivity contribution >= 4 is 44.2 Å². The minimum atomic E-state index is -0.0994. The molecule has 1 aromatic carbocycles. The molecule has 130 valence electrons. The van der Waals surface area contributed by atoms with Crippen LogP contribution in [0.4, 0.5) is 5.13 Å². The van der Waals surface area contributed by atoms with Crippen molar-refractivity contribution in [2.75, 3.05) is 31.1 Å².